The van der Waals surface area contributed by atoms with Crippen molar-refractivity contribution in [3.63, 3.8) is 0 Å². The Morgan fingerprint density at radius 3 is 2.50 bits per heavy atom. The Morgan fingerprint density at radius 1 is 1.11 bits per heavy atom. The van der Waals surface area contributed by atoms with Crippen LogP contribution >= 0.6 is 0 Å². The second-order valence-corrected chi connectivity index (χ2v) is 6.30. The smallest absolute Gasteiger partial charge is 0.0468 e. The fraction of sp³-hybridized carbons (Fsp3) is 1.00. The summed E-state index contributed by atoms with van der Waals surface area (Å²) in [7, 11) is 0. The minimum Gasteiger partial charge on any atom is -0.381 e. The largest absolute Gasteiger partial charge is 0.381 e. The van der Waals surface area contributed by atoms with Gasteiger partial charge in [0.2, 0.25) is 0 Å². The molecule has 0 radical (unpaired) electrons. The van der Waals surface area contributed by atoms with Crippen molar-refractivity contribution in [3.8, 4) is 0 Å². The number of nitrogens with one attached hydrogen (secondary N) is 1. The number of rotatable bonds is 7. The first-order valence-electron chi connectivity index (χ1n) is 8.18. The lowest BCUT2D eigenvalue weighted by atomic mass is 9.81. The molecule has 0 aromatic rings. The second kappa shape index (κ2) is 8.16. The van der Waals surface area contributed by atoms with Crippen LogP contribution in [0, 0.1) is 17.8 Å². The van der Waals surface area contributed by atoms with Gasteiger partial charge in [-0.2, -0.15) is 0 Å². The van der Waals surface area contributed by atoms with E-state index in [-0.39, 0.29) is 0 Å². The minimum absolute atomic E-state index is 0.933. The molecule has 2 heteroatoms. The predicted molar refractivity (Wildman–Crippen MR) is 76.8 cm³/mol. The summed E-state index contributed by atoms with van der Waals surface area (Å²) in [6, 6.07) is 0. The molecule has 2 fully saturated rings. The van der Waals surface area contributed by atoms with Crippen LogP contribution in [0.3, 0.4) is 0 Å². The molecule has 2 rings (SSSR count). The van der Waals surface area contributed by atoms with Crippen LogP contribution in [-0.4, -0.2) is 26.3 Å². The average molecular weight is 253 g/mol. The Kier molecular flexibility index (Phi) is 6.50. The van der Waals surface area contributed by atoms with Gasteiger partial charge in [0.1, 0.15) is 0 Å². The summed E-state index contributed by atoms with van der Waals surface area (Å²) in [5.74, 6) is 2.88. The molecule has 18 heavy (non-hydrogen) atoms. The molecule has 0 spiro atoms. The van der Waals surface area contributed by atoms with Gasteiger partial charge < -0.3 is 10.1 Å². The van der Waals surface area contributed by atoms with Crippen LogP contribution < -0.4 is 5.32 Å². The topological polar surface area (TPSA) is 21.3 Å². The lowest BCUT2D eigenvalue weighted by molar-refractivity contribution is 0.0547. The zero-order valence-corrected chi connectivity index (χ0v) is 12.1. The first-order valence-corrected chi connectivity index (χ1v) is 8.18. The zero-order chi connectivity index (χ0) is 12.6. The van der Waals surface area contributed by atoms with Gasteiger partial charge in [-0.25, -0.2) is 0 Å². The highest BCUT2D eigenvalue weighted by atomic mass is 16.5. The minimum atomic E-state index is 0.933. The first-order chi connectivity index (χ1) is 8.90. The predicted octanol–water partition coefficient (Wildman–Crippen LogP) is 3.61. The van der Waals surface area contributed by atoms with E-state index in [9.17, 15) is 0 Å². The van der Waals surface area contributed by atoms with Crippen LogP contribution in [0.25, 0.3) is 0 Å². The maximum atomic E-state index is 5.49. The molecular weight excluding hydrogens is 222 g/mol. The maximum absolute atomic E-state index is 5.49. The zero-order valence-electron chi connectivity index (χ0n) is 12.1. The number of ether oxygens (including phenoxy) is 1. The first kappa shape index (κ1) is 14.3. The SMILES string of the molecule is CCCNCC(CC1CCOCC1)C1CCCC1. The molecule has 1 N–H and O–H groups in total. The van der Waals surface area contributed by atoms with E-state index in [4.69, 9.17) is 4.74 Å². The molecule has 1 saturated heterocycles. The van der Waals surface area contributed by atoms with Gasteiger partial charge in [-0.15, -0.1) is 0 Å². The molecule has 1 atom stereocenters. The molecule has 0 bridgehead atoms. The molecule has 0 amide bonds. The Balaban J connectivity index is 1.78. The van der Waals surface area contributed by atoms with Crippen molar-refractivity contribution in [2.24, 2.45) is 17.8 Å². The molecule has 0 aromatic carbocycles. The molecule has 1 unspecified atom stereocenters. The van der Waals surface area contributed by atoms with E-state index in [1.807, 2.05) is 0 Å². The van der Waals surface area contributed by atoms with Gasteiger partial charge in [0.05, 0.1) is 0 Å². The van der Waals surface area contributed by atoms with Crippen molar-refractivity contribution in [2.45, 2.75) is 58.3 Å². The van der Waals surface area contributed by atoms with E-state index in [0.29, 0.717) is 0 Å². The Morgan fingerprint density at radius 2 is 1.83 bits per heavy atom. The van der Waals surface area contributed by atoms with Gasteiger partial charge in [0.25, 0.3) is 0 Å². The van der Waals surface area contributed by atoms with Gasteiger partial charge in [-0.3, -0.25) is 0 Å². The molecule has 1 aliphatic heterocycles. The highest BCUT2D eigenvalue weighted by molar-refractivity contribution is 4.80. The Bertz CT molecular complexity index is 207. The van der Waals surface area contributed by atoms with Crippen molar-refractivity contribution in [1.29, 1.82) is 0 Å². The molecule has 106 valence electrons. The maximum Gasteiger partial charge on any atom is 0.0468 e. The lowest BCUT2D eigenvalue weighted by Crippen LogP contribution is -2.31. The van der Waals surface area contributed by atoms with Crippen LogP contribution in [0.15, 0.2) is 0 Å². The molecule has 1 saturated carbocycles. The normalized spacial score (nSPS) is 24.5. The third-order valence-electron chi connectivity index (χ3n) is 4.88. The molecule has 1 heterocycles. The summed E-state index contributed by atoms with van der Waals surface area (Å²) < 4.78 is 5.49. The summed E-state index contributed by atoms with van der Waals surface area (Å²) in [4.78, 5) is 0. The van der Waals surface area contributed by atoms with Gasteiger partial charge >= 0.3 is 0 Å². The van der Waals surface area contributed by atoms with E-state index in [2.05, 4.69) is 12.2 Å². The molecular formula is C16H31NO. The summed E-state index contributed by atoms with van der Waals surface area (Å²) in [5.41, 5.74) is 0. The lowest BCUT2D eigenvalue weighted by Gasteiger charge is -2.30. The van der Waals surface area contributed by atoms with Crippen LogP contribution in [0.1, 0.15) is 58.3 Å². The molecule has 2 aliphatic rings. The average Bonchev–Trinajstić information content (AvgIpc) is 2.93. The monoisotopic (exact) mass is 253 g/mol. The van der Waals surface area contributed by atoms with E-state index < -0.39 is 0 Å². The number of hydrogen-bond acceptors (Lipinski definition) is 2. The fourth-order valence-electron chi connectivity index (χ4n) is 3.75. The Hall–Kier alpha value is -0.0800. The highest BCUT2D eigenvalue weighted by Gasteiger charge is 2.27. The van der Waals surface area contributed by atoms with Crippen LogP contribution in [0.5, 0.6) is 0 Å². The third kappa shape index (κ3) is 4.55. The third-order valence-corrected chi connectivity index (χ3v) is 4.88. The second-order valence-electron chi connectivity index (χ2n) is 6.30. The summed E-state index contributed by atoms with van der Waals surface area (Å²) >= 11 is 0. The van der Waals surface area contributed by atoms with E-state index >= 15 is 0 Å². The van der Waals surface area contributed by atoms with Crippen LogP contribution in [0.2, 0.25) is 0 Å². The molecule has 0 aromatic heterocycles. The van der Waals surface area contributed by atoms with Crippen molar-refractivity contribution >= 4 is 0 Å². The van der Waals surface area contributed by atoms with Crippen molar-refractivity contribution in [3.05, 3.63) is 0 Å². The van der Waals surface area contributed by atoms with Crippen LogP contribution in [0.4, 0.5) is 0 Å². The molecule has 1 aliphatic carbocycles. The van der Waals surface area contributed by atoms with E-state index in [1.165, 1.54) is 64.5 Å². The summed E-state index contributed by atoms with van der Waals surface area (Å²) in [6.07, 6.45) is 11.2. The van der Waals surface area contributed by atoms with E-state index in [0.717, 1.165) is 31.0 Å². The van der Waals surface area contributed by atoms with Gasteiger partial charge in [-0.05, 0) is 56.5 Å². The number of hydrogen-bond donors (Lipinski definition) is 1. The quantitative estimate of drug-likeness (QED) is 0.700. The Labute approximate surface area is 113 Å². The fourth-order valence-corrected chi connectivity index (χ4v) is 3.75. The van der Waals surface area contributed by atoms with Crippen LogP contribution in [-0.2, 0) is 4.74 Å². The highest BCUT2D eigenvalue weighted by Crippen LogP contribution is 2.36. The van der Waals surface area contributed by atoms with Gasteiger partial charge in [0, 0.05) is 13.2 Å². The van der Waals surface area contributed by atoms with Crippen molar-refractivity contribution < 1.29 is 4.74 Å². The van der Waals surface area contributed by atoms with Crippen molar-refractivity contribution in [2.75, 3.05) is 26.3 Å². The van der Waals surface area contributed by atoms with E-state index in [1.54, 1.807) is 0 Å². The summed E-state index contributed by atoms with van der Waals surface area (Å²) in [5, 5.41) is 3.67. The summed E-state index contributed by atoms with van der Waals surface area (Å²) in [6.45, 7) is 6.72. The van der Waals surface area contributed by atoms with Gasteiger partial charge in [-0.1, -0.05) is 32.6 Å². The van der Waals surface area contributed by atoms with Crippen molar-refractivity contribution in [1.82, 2.24) is 5.32 Å². The molecule has 2 nitrogen and oxygen atoms in total. The standard InChI is InChI=1S/C16H31NO/c1-2-9-17-13-16(15-5-3-4-6-15)12-14-7-10-18-11-8-14/h14-17H,2-13H2,1H3. The van der Waals surface area contributed by atoms with Gasteiger partial charge in [0.15, 0.2) is 0 Å².